The van der Waals surface area contributed by atoms with E-state index in [4.69, 9.17) is 0 Å². The zero-order chi connectivity index (χ0) is 13.6. The second kappa shape index (κ2) is 10.3. The average Bonchev–Trinajstić information content (AvgIpc) is 2.39. The molecular formula is C16H30Cl2N2. The topological polar surface area (TPSA) is 15.3 Å². The number of hydrogen-bond acceptors (Lipinski definition) is 2. The molecule has 1 aromatic carbocycles. The van der Waals surface area contributed by atoms with Crippen molar-refractivity contribution in [3.8, 4) is 0 Å². The summed E-state index contributed by atoms with van der Waals surface area (Å²) in [5, 5.41) is 3.59. The van der Waals surface area contributed by atoms with Gasteiger partial charge in [-0.25, -0.2) is 0 Å². The Morgan fingerprint density at radius 1 is 0.950 bits per heavy atom. The molecule has 0 aliphatic carbocycles. The minimum Gasteiger partial charge on any atom is -0.372 e. The molecule has 0 atom stereocenters. The van der Waals surface area contributed by atoms with Gasteiger partial charge >= 0.3 is 0 Å². The van der Waals surface area contributed by atoms with E-state index in [1.807, 2.05) is 0 Å². The van der Waals surface area contributed by atoms with Crippen LogP contribution in [-0.2, 0) is 6.54 Å². The fraction of sp³-hybridized carbons (Fsp3) is 0.625. The van der Waals surface area contributed by atoms with Crippen molar-refractivity contribution in [1.82, 2.24) is 5.32 Å². The van der Waals surface area contributed by atoms with Crippen LogP contribution in [0, 0.1) is 0 Å². The predicted molar refractivity (Wildman–Crippen MR) is 95.7 cm³/mol. The number of halogens is 2. The van der Waals surface area contributed by atoms with Crippen LogP contribution in [0.15, 0.2) is 24.3 Å². The minimum absolute atomic E-state index is 0. The summed E-state index contributed by atoms with van der Waals surface area (Å²) in [4.78, 5) is 2.37. The summed E-state index contributed by atoms with van der Waals surface area (Å²) >= 11 is 0. The molecule has 2 nitrogen and oxygen atoms in total. The first kappa shape index (κ1) is 21.9. The first-order valence-electron chi connectivity index (χ1n) is 7.11. The summed E-state index contributed by atoms with van der Waals surface area (Å²) < 4.78 is 0. The van der Waals surface area contributed by atoms with Crippen LogP contribution in [0.5, 0.6) is 0 Å². The zero-order valence-electron chi connectivity index (χ0n) is 13.4. The number of benzene rings is 1. The highest BCUT2D eigenvalue weighted by Crippen LogP contribution is 2.16. The molecule has 0 amide bonds. The van der Waals surface area contributed by atoms with E-state index in [0.717, 1.165) is 26.1 Å². The van der Waals surface area contributed by atoms with Crippen molar-refractivity contribution >= 4 is 30.5 Å². The molecule has 1 aromatic rings. The Morgan fingerprint density at radius 3 is 1.85 bits per heavy atom. The van der Waals surface area contributed by atoms with Crippen molar-refractivity contribution in [2.45, 2.75) is 53.1 Å². The molecule has 0 bridgehead atoms. The van der Waals surface area contributed by atoms with Gasteiger partial charge in [-0.05, 0) is 51.8 Å². The molecule has 0 saturated carbocycles. The standard InChI is InChI=1S/C16H28N2.2ClH/c1-6-16(4,5)17-13-14-9-11-15(12-10-14)18(7-2)8-3;;/h9-12,17H,6-8,13H2,1-5H3;2*1H. The van der Waals surface area contributed by atoms with E-state index in [0.29, 0.717) is 0 Å². The smallest absolute Gasteiger partial charge is 0.0366 e. The van der Waals surface area contributed by atoms with E-state index < -0.39 is 0 Å². The number of hydrogen-bond donors (Lipinski definition) is 1. The molecule has 0 aliphatic heterocycles. The molecule has 0 fully saturated rings. The van der Waals surface area contributed by atoms with Crippen molar-refractivity contribution in [3.63, 3.8) is 0 Å². The summed E-state index contributed by atoms with van der Waals surface area (Å²) in [5.41, 5.74) is 2.89. The molecule has 0 radical (unpaired) electrons. The quantitative estimate of drug-likeness (QED) is 0.786. The Kier molecular flexibility index (Phi) is 11.3. The van der Waals surface area contributed by atoms with E-state index >= 15 is 0 Å². The highest BCUT2D eigenvalue weighted by Gasteiger charge is 2.13. The second-order valence-electron chi connectivity index (χ2n) is 5.43. The van der Waals surface area contributed by atoms with Crippen LogP contribution in [0.3, 0.4) is 0 Å². The van der Waals surface area contributed by atoms with Gasteiger partial charge in [0.25, 0.3) is 0 Å². The molecule has 4 heteroatoms. The van der Waals surface area contributed by atoms with Crippen LogP contribution >= 0.6 is 24.8 Å². The maximum Gasteiger partial charge on any atom is 0.0366 e. The van der Waals surface area contributed by atoms with E-state index in [1.165, 1.54) is 11.3 Å². The average molecular weight is 321 g/mol. The summed E-state index contributed by atoms with van der Waals surface area (Å²) in [5.74, 6) is 0. The normalized spacial score (nSPS) is 10.4. The third-order valence-electron chi connectivity index (χ3n) is 3.72. The van der Waals surface area contributed by atoms with Gasteiger partial charge in [0.1, 0.15) is 0 Å². The van der Waals surface area contributed by atoms with Gasteiger partial charge in [0, 0.05) is 30.9 Å². The fourth-order valence-corrected chi connectivity index (χ4v) is 1.88. The third-order valence-corrected chi connectivity index (χ3v) is 3.72. The molecule has 0 unspecified atom stereocenters. The Hall–Kier alpha value is -0.440. The monoisotopic (exact) mass is 320 g/mol. The minimum atomic E-state index is 0. The molecule has 1 N–H and O–H groups in total. The molecule has 0 aliphatic rings. The molecule has 1 rings (SSSR count). The Balaban J connectivity index is 0. The Labute approximate surface area is 137 Å². The van der Waals surface area contributed by atoms with Gasteiger partial charge in [-0.15, -0.1) is 24.8 Å². The second-order valence-corrected chi connectivity index (χ2v) is 5.43. The largest absolute Gasteiger partial charge is 0.372 e. The van der Waals surface area contributed by atoms with Crippen molar-refractivity contribution in [3.05, 3.63) is 29.8 Å². The third kappa shape index (κ3) is 6.83. The highest BCUT2D eigenvalue weighted by atomic mass is 35.5. The van der Waals surface area contributed by atoms with Gasteiger partial charge in [-0.3, -0.25) is 0 Å². The number of rotatable bonds is 7. The highest BCUT2D eigenvalue weighted by molar-refractivity contribution is 5.85. The fourth-order valence-electron chi connectivity index (χ4n) is 1.88. The van der Waals surface area contributed by atoms with Crippen LogP contribution in [0.25, 0.3) is 0 Å². The number of anilines is 1. The SMILES string of the molecule is CCN(CC)c1ccc(CNC(C)(C)CC)cc1.Cl.Cl. The molecule has 0 saturated heterocycles. The van der Waals surface area contributed by atoms with Crippen molar-refractivity contribution in [2.75, 3.05) is 18.0 Å². The van der Waals surface area contributed by atoms with Crippen LogP contribution in [0.4, 0.5) is 5.69 Å². The summed E-state index contributed by atoms with van der Waals surface area (Å²) in [6.07, 6.45) is 1.14. The van der Waals surface area contributed by atoms with E-state index in [-0.39, 0.29) is 30.4 Å². The Bertz CT molecular complexity index is 346. The van der Waals surface area contributed by atoms with Gasteiger partial charge in [0.15, 0.2) is 0 Å². The Morgan fingerprint density at radius 2 is 1.45 bits per heavy atom. The van der Waals surface area contributed by atoms with Crippen LogP contribution < -0.4 is 10.2 Å². The maximum absolute atomic E-state index is 3.59. The van der Waals surface area contributed by atoms with Crippen LogP contribution in [0.2, 0.25) is 0 Å². The van der Waals surface area contributed by atoms with Gasteiger partial charge < -0.3 is 10.2 Å². The number of nitrogens with zero attached hydrogens (tertiary/aromatic N) is 1. The van der Waals surface area contributed by atoms with Crippen molar-refractivity contribution in [2.24, 2.45) is 0 Å². The van der Waals surface area contributed by atoms with Gasteiger partial charge in [0.2, 0.25) is 0 Å². The van der Waals surface area contributed by atoms with E-state index in [1.54, 1.807) is 0 Å². The summed E-state index contributed by atoms with van der Waals surface area (Å²) in [6.45, 7) is 14.2. The van der Waals surface area contributed by atoms with Gasteiger partial charge in [0.05, 0.1) is 0 Å². The maximum atomic E-state index is 3.59. The number of nitrogens with one attached hydrogen (secondary N) is 1. The van der Waals surface area contributed by atoms with Gasteiger partial charge in [-0.1, -0.05) is 19.1 Å². The first-order chi connectivity index (χ1) is 8.52. The zero-order valence-corrected chi connectivity index (χ0v) is 15.0. The molecule has 0 heterocycles. The first-order valence-corrected chi connectivity index (χ1v) is 7.11. The van der Waals surface area contributed by atoms with Crippen molar-refractivity contribution in [1.29, 1.82) is 0 Å². The lowest BCUT2D eigenvalue weighted by Crippen LogP contribution is -2.37. The molecule has 0 aromatic heterocycles. The lowest BCUT2D eigenvalue weighted by molar-refractivity contribution is 0.374. The molecular weight excluding hydrogens is 291 g/mol. The van der Waals surface area contributed by atoms with Crippen molar-refractivity contribution < 1.29 is 0 Å². The molecule has 20 heavy (non-hydrogen) atoms. The molecule has 118 valence electrons. The van der Waals surface area contributed by atoms with E-state index in [9.17, 15) is 0 Å². The summed E-state index contributed by atoms with van der Waals surface area (Å²) in [7, 11) is 0. The van der Waals surface area contributed by atoms with Crippen LogP contribution in [-0.4, -0.2) is 18.6 Å². The lowest BCUT2D eigenvalue weighted by Gasteiger charge is -2.25. The predicted octanol–water partition coefficient (Wildman–Crippen LogP) is 4.65. The summed E-state index contributed by atoms with van der Waals surface area (Å²) in [6, 6.07) is 8.91. The molecule has 0 spiro atoms. The van der Waals surface area contributed by atoms with E-state index in [2.05, 4.69) is 69.1 Å². The van der Waals surface area contributed by atoms with Crippen LogP contribution in [0.1, 0.15) is 46.6 Å². The lowest BCUT2D eigenvalue weighted by atomic mass is 10.0. The van der Waals surface area contributed by atoms with Gasteiger partial charge in [-0.2, -0.15) is 0 Å².